The lowest BCUT2D eigenvalue weighted by Crippen LogP contribution is -2.45. The van der Waals surface area contributed by atoms with E-state index in [-0.39, 0.29) is 23.3 Å². The first-order chi connectivity index (χ1) is 11.1. The van der Waals surface area contributed by atoms with E-state index in [0.717, 1.165) is 24.5 Å². The maximum Gasteiger partial charge on any atom is 0.139 e. The molecule has 0 amide bonds. The first kappa shape index (κ1) is 14.5. The highest BCUT2D eigenvalue weighted by Crippen LogP contribution is 2.49. The fourth-order valence-corrected chi connectivity index (χ4v) is 4.38. The predicted molar refractivity (Wildman–Crippen MR) is 88.3 cm³/mol. The lowest BCUT2D eigenvalue weighted by Gasteiger charge is -2.40. The van der Waals surface area contributed by atoms with Gasteiger partial charge in [-0.1, -0.05) is 19.9 Å². The molecule has 4 nitrogen and oxygen atoms in total. The Labute approximate surface area is 136 Å². The third-order valence-corrected chi connectivity index (χ3v) is 5.28. The van der Waals surface area contributed by atoms with Crippen molar-refractivity contribution in [2.45, 2.75) is 38.6 Å². The molecule has 3 heterocycles. The summed E-state index contributed by atoms with van der Waals surface area (Å²) in [5, 5.41) is 0. The average Bonchev–Trinajstić information content (AvgIpc) is 3.14. The van der Waals surface area contributed by atoms with Crippen LogP contribution in [0.5, 0.6) is 0 Å². The van der Waals surface area contributed by atoms with Gasteiger partial charge in [-0.2, -0.15) is 0 Å². The van der Waals surface area contributed by atoms with Gasteiger partial charge in [-0.05, 0) is 36.1 Å². The molecule has 0 aromatic carbocycles. The molecule has 0 spiro atoms. The molecule has 2 fully saturated rings. The smallest absolute Gasteiger partial charge is 0.139 e. The standard InChI is InChI=1S/C19H22N2O2/c1-19(2)10-14-18(15(22)11-19)13(16-6-5-9-23-16)12-21(14)17-7-3-4-8-20-17/h3-9,13-14,18H,10-12H2,1-2H3. The maximum atomic E-state index is 12.9. The summed E-state index contributed by atoms with van der Waals surface area (Å²) >= 11 is 0. The largest absolute Gasteiger partial charge is 0.469 e. The number of pyridine rings is 1. The van der Waals surface area contributed by atoms with E-state index in [1.165, 1.54) is 0 Å². The Bertz CT molecular complexity index is 693. The molecule has 3 unspecified atom stereocenters. The van der Waals surface area contributed by atoms with E-state index in [9.17, 15) is 4.79 Å². The topological polar surface area (TPSA) is 46.3 Å². The van der Waals surface area contributed by atoms with E-state index in [1.54, 1.807) is 6.26 Å². The zero-order valence-corrected chi connectivity index (χ0v) is 13.6. The van der Waals surface area contributed by atoms with Gasteiger partial charge in [-0.3, -0.25) is 4.79 Å². The lowest BCUT2D eigenvalue weighted by atomic mass is 9.67. The highest BCUT2D eigenvalue weighted by molar-refractivity contribution is 5.86. The average molecular weight is 310 g/mol. The highest BCUT2D eigenvalue weighted by Gasteiger charge is 2.52. The number of hydrogen-bond donors (Lipinski definition) is 0. The van der Waals surface area contributed by atoms with Gasteiger partial charge in [0, 0.05) is 37.0 Å². The predicted octanol–water partition coefficient (Wildman–Crippen LogP) is 3.65. The zero-order valence-electron chi connectivity index (χ0n) is 13.6. The van der Waals surface area contributed by atoms with Gasteiger partial charge in [0.1, 0.15) is 17.4 Å². The molecule has 1 saturated heterocycles. The monoisotopic (exact) mass is 310 g/mol. The van der Waals surface area contributed by atoms with E-state index in [0.29, 0.717) is 12.2 Å². The van der Waals surface area contributed by atoms with E-state index in [4.69, 9.17) is 4.42 Å². The van der Waals surface area contributed by atoms with Crippen LogP contribution in [0.2, 0.25) is 0 Å². The molecule has 4 rings (SSSR count). The number of carbonyl (C=O) groups excluding carboxylic acids is 1. The summed E-state index contributed by atoms with van der Waals surface area (Å²) in [5.41, 5.74) is 0.0450. The van der Waals surface area contributed by atoms with Crippen LogP contribution in [-0.4, -0.2) is 23.4 Å². The summed E-state index contributed by atoms with van der Waals surface area (Å²) in [6.07, 6.45) is 5.18. The minimum Gasteiger partial charge on any atom is -0.469 e. The first-order valence-electron chi connectivity index (χ1n) is 8.29. The van der Waals surface area contributed by atoms with Crippen molar-refractivity contribution < 1.29 is 9.21 Å². The molecule has 0 radical (unpaired) electrons. The number of hydrogen-bond acceptors (Lipinski definition) is 4. The van der Waals surface area contributed by atoms with Crippen LogP contribution in [0.15, 0.2) is 47.2 Å². The number of Topliss-reactive ketones (excluding diaryl/α,β-unsaturated/α-hetero) is 1. The SMILES string of the molecule is CC1(C)CC(=O)C2C(c3ccco3)CN(c3ccccn3)C2C1. The van der Waals surface area contributed by atoms with Crippen LogP contribution < -0.4 is 4.90 Å². The van der Waals surface area contributed by atoms with Crippen LogP contribution in [0, 0.1) is 11.3 Å². The summed E-state index contributed by atoms with van der Waals surface area (Å²) in [6.45, 7) is 5.18. The van der Waals surface area contributed by atoms with E-state index in [1.807, 2.05) is 36.5 Å². The molecule has 2 aliphatic rings. The Morgan fingerprint density at radius 1 is 1.26 bits per heavy atom. The molecule has 3 atom stereocenters. The summed E-state index contributed by atoms with van der Waals surface area (Å²) in [5.74, 6) is 2.39. The van der Waals surface area contributed by atoms with Crippen LogP contribution in [0.1, 0.15) is 38.4 Å². The zero-order chi connectivity index (χ0) is 16.0. The van der Waals surface area contributed by atoms with Crippen molar-refractivity contribution in [1.82, 2.24) is 4.98 Å². The van der Waals surface area contributed by atoms with E-state index >= 15 is 0 Å². The number of fused-ring (bicyclic) bond motifs is 1. The minimum absolute atomic E-state index is 0.0104. The second-order valence-corrected chi connectivity index (χ2v) is 7.57. The summed E-state index contributed by atoms with van der Waals surface area (Å²) in [4.78, 5) is 19.7. The number of rotatable bonds is 2. The molecule has 1 aliphatic carbocycles. The van der Waals surface area contributed by atoms with Gasteiger partial charge in [-0.15, -0.1) is 0 Å². The van der Waals surface area contributed by atoms with Crippen LogP contribution in [0.25, 0.3) is 0 Å². The Morgan fingerprint density at radius 2 is 2.13 bits per heavy atom. The van der Waals surface area contributed by atoms with Gasteiger partial charge in [0.15, 0.2) is 0 Å². The van der Waals surface area contributed by atoms with Crippen molar-refractivity contribution in [2.24, 2.45) is 11.3 Å². The molecule has 23 heavy (non-hydrogen) atoms. The molecule has 4 heteroatoms. The number of carbonyl (C=O) groups is 1. The minimum atomic E-state index is 0.0104. The molecular weight excluding hydrogens is 288 g/mol. The Balaban J connectivity index is 1.75. The lowest BCUT2D eigenvalue weighted by molar-refractivity contribution is -0.128. The third-order valence-electron chi connectivity index (χ3n) is 5.28. The molecule has 2 aromatic rings. The molecule has 1 aliphatic heterocycles. The van der Waals surface area contributed by atoms with Crippen molar-refractivity contribution in [3.8, 4) is 0 Å². The Kier molecular flexibility index (Phi) is 3.29. The molecule has 2 aromatic heterocycles. The van der Waals surface area contributed by atoms with Gasteiger partial charge in [0.25, 0.3) is 0 Å². The number of furan rings is 1. The third kappa shape index (κ3) is 2.46. The van der Waals surface area contributed by atoms with E-state index in [2.05, 4.69) is 23.7 Å². The van der Waals surface area contributed by atoms with Gasteiger partial charge < -0.3 is 9.32 Å². The second-order valence-electron chi connectivity index (χ2n) is 7.57. The number of anilines is 1. The fourth-order valence-electron chi connectivity index (χ4n) is 4.38. The van der Waals surface area contributed by atoms with Crippen molar-refractivity contribution >= 4 is 11.6 Å². The van der Waals surface area contributed by atoms with Crippen molar-refractivity contribution in [2.75, 3.05) is 11.4 Å². The fraction of sp³-hybridized carbons (Fsp3) is 0.474. The normalized spacial score (nSPS) is 29.6. The summed E-state index contributed by atoms with van der Waals surface area (Å²) in [6, 6.07) is 10.1. The van der Waals surface area contributed by atoms with Crippen molar-refractivity contribution in [3.63, 3.8) is 0 Å². The van der Waals surface area contributed by atoms with Crippen LogP contribution >= 0.6 is 0 Å². The van der Waals surface area contributed by atoms with Crippen LogP contribution in [0.4, 0.5) is 5.82 Å². The van der Waals surface area contributed by atoms with E-state index < -0.39 is 0 Å². The maximum absolute atomic E-state index is 12.9. The molecular formula is C19H22N2O2. The Morgan fingerprint density at radius 3 is 2.83 bits per heavy atom. The molecule has 1 saturated carbocycles. The highest BCUT2D eigenvalue weighted by atomic mass is 16.3. The summed E-state index contributed by atoms with van der Waals surface area (Å²) in [7, 11) is 0. The van der Waals surface area contributed by atoms with Crippen LogP contribution in [-0.2, 0) is 4.79 Å². The van der Waals surface area contributed by atoms with Gasteiger partial charge in [0.2, 0.25) is 0 Å². The summed E-state index contributed by atoms with van der Waals surface area (Å²) < 4.78 is 5.65. The molecule has 0 N–H and O–H groups in total. The molecule has 0 bridgehead atoms. The molecule has 120 valence electrons. The van der Waals surface area contributed by atoms with Gasteiger partial charge in [0.05, 0.1) is 6.26 Å². The Hall–Kier alpha value is -2.10. The number of aromatic nitrogens is 1. The quantitative estimate of drug-likeness (QED) is 0.849. The second kappa shape index (κ2) is 5.22. The number of nitrogens with zero attached hydrogens (tertiary/aromatic N) is 2. The van der Waals surface area contributed by atoms with Crippen LogP contribution in [0.3, 0.4) is 0 Å². The first-order valence-corrected chi connectivity index (χ1v) is 8.29. The number of ketones is 1. The van der Waals surface area contributed by atoms with Crippen molar-refractivity contribution in [1.29, 1.82) is 0 Å². The van der Waals surface area contributed by atoms with Gasteiger partial charge >= 0.3 is 0 Å². The van der Waals surface area contributed by atoms with Crippen molar-refractivity contribution in [3.05, 3.63) is 48.6 Å². The van der Waals surface area contributed by atoms with Gasteiger partial charge in [-0.25, -0.2) is 4.98 Å².